The average Bonchev–Trinajstić information content (AvgIpc) is 2.34. The lowest BCUT2D eigenvalue weighted by Crippen LogP contribution is -1.94. The van der Waals surface area contributed by atoms with E-state index in [0.717, 1.165) is 6.08 Å². The summed E-state index contributed by atoms with van der Waals surface area (Å²) in [5.41, 5.74) is 1.22. The molecule has 4 heteroatoms. The summed E-state index contributed by atoms with van der Waals surface area (Å²) in [6.07, 6.45) is 2.57. The van der Waals surface area contributed by atoms with Crippen LogP contribution in [0.3, 0.4) is 0 Å². The molecule has 0 saturated heterocycles. The van der Waals surface area contributed by atoms with Crippen molar-refractivity contribution < 1.29 is 19.4 Å². The number of aliphatic carboxylic acids is 1. The van der Waals surface area contributed by atoms with Gasteiger partial charge in [-0.3, -0.25) is 0 Å². The molecule has 0 aliphatic carbocycles. The second-order valence-electron chi connectivity index (χ2n) is 3.21. The van der Waals surface area contributed by atoms with E-state index in [9.17, 15) is 4.79 Å². The van der Waals surface area contributed by atoms with Crippen molar-refractivity contribution in [1.82, 2.24) is 0 Å². The van der Waals surface area contributed by atoms with Gasteiger partial charge in [0.25, 0.3) is 0 Å². The van der Waals surface area contributed by atoms with Gasteiger partial charge in [0.1, 0.15) is 0 Å². The van der Waals surface area contributed by atoms with Gasteiger partial charge in [-0.25, -0.2) is 4.79 Å². The number of rotatable bonds is 5. The molecule has 0 heterocycles. The molecule has 0 radical (unpaired) electrons. The molecule has 1 aromatic carbocycles. The number of methoxy groups -OCH3 is 2. The summed E-state index contributed by atoms with van der Waals surface area (Å²) < 4.78 is 10.2. The largest absolute Gasteiger partial charge is 0.493 e. The Hall–Kier alpha value is -2.23. The lowest BCUT2D eigenvalue weighted by atomic mass is 10.0. The van der Waals surface area contributed by atoms with Crippen molar-refractivity contribution in [2.24, 2.45) is 0 Å². The Morgan fingerprint density at radius 3 is 2.41 bits per heavy atom. The van der Waals surface area contributed by atoms with Gasteiger partial charge in [-0.05, 0) is 23.3 Å². The van der Waals surface area contributed by atoms with Crippen molar-refractivity contribution in [3.8, 4) is 11.5 Å². The maximum absolute atomic E-state index is 10.6. The van der Waals surface area contributed by atoms with E-state index in [2.05, 4.69) is 6.58 Å². The van der Waals surface area contributed by atoms with E-state index < -0.39 is 5.97 Å². The van der Waals surface area contributed by atoms with Crippen LogP contribution >= 0.6 is 0 Å². The molecule has 0 aliphatic heterocycles. The summed E-state index contributed by atoms with van der Waals surface area (Å²) in [5, 5.41) is 8.72. The van der Waals surface area contributed by atoms with Crippen LogP contribution in [0.1, 0.15) is 5.56 Å². The highest BCUT2D eigenvalue weighted by molar-refractivity contribution is 5.93. The summed E-state index contributed by atoms with van der Waals surface area (Å²) in [6.45, 7) is 3.58. The number of carbonyl (C=O) groups is 1. The highest BCUT2D eigenvalue weighted by atomic mass is 16.5. The minimum atomic E-state index is -1.02. The van der Waals surface area contributed by atoms with Crippen molar-refractivity contribution in [3.63, 3.8) is 0 Å². The number of allylic oxidation sites excluding steroid dienone is 2. The second-order valence-corrected chi connectivity index (χ2v) is 3.21. The molecule has 0 atom stereocenters. The van der Waals surface area contributed by atoms with Crippen molar-refractivity contribution in [2.45, 2.75) is 0 Å². The Morgan fingerprint density at radius 2 is 1.94 bits per heavy atom. The first kappa shape index (κ1) is 12.8. The topological polar surface area (TPSA) is 55.8 Å². The predicted molar refractivity (Wildman–Crippen MR) is 65.4 cm³/mol. The van der Waals surface area contributed by atoms with E-state index in [-0.39, 0.29) is 0 Å². The fourth-order valence-electron chi connectivity index (χ4n) is 1.41. The van der Waals surface area contributed by atoms with Gasteiger partial charge < -0.3 is 14.6 Å². The summed E-state index contributed by atoms with van der Waals surface area (Å²) in [4.78, 5) is 10.6. The van der Waals surface area contributed by atoms with E-state index in [1.54, 1.807) is 25.3 Å². The van der Waals surface area contributed by atoms with Crippen molar-refractivity contribution in [2.75, 3.05) is 14.2 Å². The van der Waals surface area contributed by atoms with Crippen molar-refractivity contribution >= 4 is 11.5 Å². The lowest BCUT2D eigenvalue weighted by molar-refractivity contribution is -0.131. The molecule has 1 aromatic rings. The zero-order valence-corrected chi connectivity index (χ0v) is 9.77. The molecule has 0 unspecified atom stereocenters. The minimum absolute atomic E-state index is 0.512. The molecular formula is C13H14O4. The number of ether oxygens (including phenoxy) is 2. The maximum atomic E-state index is 10.6. The first-order chi connectivity index (χ1) is 8.12. The molecule has 1 rings (SSSR count). The van der Waals surface area contributed by atoms with E-state index in [1.807, 2.05) is 0 Å². The van der Waals surface area contributed by atoms with Gasteiger partial charge >= 0.3 is 5.97 Å². The van der Waals surface area contributed by atoms with E-state index in [0.29, 0.717) is 22.6 Å². The highest BCUT2D eigenvalue weighted by Crippen LogP contribution is 2.30. The molecule has 0 amide bonds. The smallest absolute Gasteiger partial charge is 0.328 e. The SMILES string of the molecule is C=CC(=CC(=O)O)c1ccc(OC)c(OC)c1. The fourth-order valence-corrected chi connectivity index (χ4v) is 1.41. The van der Waals surface area contributed by atoms with Crippen LogP contribution in [0.2, 0.25) is 0 Å². The molecule has 0 aromatic heterocycles. The number of benzene rings is 1. The molecule has 0 saturated carbocycles. The van der Waals surface area contributed by atoms with E-state index >= 15 is 0 Å². The van der Waals surface area contributed by atoms with Gasteiger partial charge in [0, 0.05) is 6.08 Å². The molecule has 4 nitrogen and oxygen atoms in total. The Labute approximate surface area is 99.8 Å². The normalized spacial score (nSPS) is 10.8. The van der Waals surface area contributed by atoms with Crippen LogP contribution in [-0.4, -0.2) is 25.3 Å². The van der Waals surface area contributed by atoms with Gasteiger partial charge in [0.15, 0.2) is 11.5 Å². The monoisotopic (exact) mass is 234 g/mol. The summed E-state index contributed by atoms with van der Waals surface area (Å²) in [5.74, 6) is 0.118. The number of hydrogen-bond acceptors (Lipinski definition) is 3. The molecule has 0 aliphatic rings. The third-order valence-electron chi connectivity index (χ3n) is 2.22. The van der Waals surface area contributed by atoms with E-state index in [4.69, 9.17) is 14.6 Å². The third-order valence-corrected chi connectivity index (χ3v) is 2.22. The average molecular weight is 234 g/mol. The molecule has 90 valence electrons. The Morgan fingerprint density at radius 1 is 1.29 bits per heavy atom. The van der Waals surface area contributed by atoms with Crippen LogP contribution in [-0.2, 0) is 4.79 Å². The van der Waals surface area contributed by atoms with Crippen LogP contribution in [0.4, 0.5) is 0 Å². The number of carboxylic acids is 1. The maximum Gasteiger partial charge on any atom is 0.328 e. The van der Waals surface area contributed by atoms with Gasteiger partial charge in [0.2, 0.25) is 0 Å². The zero-order chi connectivity index (χ0) is 12.8. The van der Waals surface area contributed by atoms with Crippen LogP contribution in [0.5, 0.6) is 11.5 Å². The first-order valence-electron chi connectivity index (χ1n) is 4.91. The van der Waals surface area contributed by atoms with Crippen LogP contribution in [0.25, 0.3) is 5.57 Å². The van der Waals surface area contributed by atoms with Crippen LogP contribution < -0.4 is 9.47 Å². The summed E-state index contributed by atoms with van der Waals surface area (Å²) in [6, 6.07) is 5.17. The minimum Gasteiger partial charge on any atom is -0.493 e. The van der Waals surface area contributed by atoms with Gasteiger partial charge in [0.05, 0.1) is 14.2 Å². The van der Waals surface area contributed by atoms with Crippen molar-refractivity contribution in [1.29, 1.82) is 0 Å². The third kappa shape index (κ3) is 3.11. The Kier molecular flexibility index (Phi) is 4.34. The standard InChI is InChI=1S/C13H14O4/c1-4-9(8-13(14)15)10-5-6-11(16-2)12(7-10)17-3/h4-8H,1H2,2-3H3,(H,14,15). The highest BCUT2D eigenvalue weighted by Gasteiger charge is 2.07. The second kappa shape index (κ2) is 5.75. The quantitative estimate of drug-likeness (QED) is 0.627. The molecule has 0 fully saturated rings. The Bertz CT molecular complexity index is 460. The summed E-state index contributed by atoms with van der Waals surface area (Å²) >= 11 is 0. The zero-order valence-electron chi connectivity index (χ0n) is 9.77. The number of carboxylic acid groups (broad SMARTS) is 1. The van der Waals surface area contributed by atoms with Crippen LogP contribution in [0, 0.1) is 0 Å². The predicted octanol–water partition coefficient (Wildman–Crippen LogP) is 2.36. The molecule has 1 N–H and O–H groups in total. The lowest BCUT2D eigenvalue weighted by Gasteiger charge is -2.09. The molecule has 0 bridgehead atoms. The van der Waals surface area contributed by atoms with Crippen LogP contribution in [0.15, 0.2) is 36.9 Å². The van der Waals surface area contributed by atoms with Gasteiger partial charge in [-0.15, -0.1) is 0 Å². The van der Waals surface area contributed by atoms with Gasteiger partial charge in [-0.2, -0.15) is 0 Å². The van der Waals surface area contributed by atoms with E-state index in [1.165, 1.54) is 13.2 Å². The molecule has 17 heavy (non-hydrogen) atoms. The number of hydrogen-bond donors (Lipinski definition) is 1. The first-order valence-corrected chi connectivity index (χ1v) is 4.91. The molecular weight excluding hydrogens is 220 g/mol. The fraction of sp³-hybridized carbons (Fsp3) is 0.154. The van der Waals surface area contributed by atoms with Crippen molar-refractivity contribution in [3.05, 3.63) is 42.5 Å². The van der Waals surface area contributed by atoms with Gasteiger partial charge in [-0.1, -0.05) is 18.7 Å². The summed E-state index contributed by atoms with van der Waals surface area (Å²) in [7, 11) is 3.06. The molecule has 0 spiro atoms. The Balaban J connectivity index is 3.22.